The number of rotatable bonds is 5. The number of amides is 1. The first-order chi connectivity index (χ1) is 9.67. The molecule has 0 aliphatic rings. The van der Waals surface area contributed by atoms with Crippen molar-refractivity contribution in [3.8, 4) is 0 Å². The second kappa shape index (κ2) is 8.15. The minimum Gasteiger partial charge on any atom is -0.444 e. The highest BCUT2D eigenvalue weighted by Gasteiger charge is 2.17. The van der Waals surface area contributed by atoms with Crippen LogP contribution in [0.25, 0.3) is 0 Å². The third kappa shape index (κ3) is 7.83. The summed E-state index contributed by atoms with van der Waals surface area (Å²) >= 11 is 6.92. The molecule has 0 aromatic heterocycles. The monoisotopic (exact) mass is 420 g/mol. The lowest BCUT2D eigenvalue weighted by Gasteiger charge is -2.22. The second-order valence-corrected chi connectivity index (χ2v) is 7.64. The van der Waals surface area contributed by atoms with Crippen molar-refractivity contribution in [3.63, 3.8) is 0 Å². The maximum absolute atomic E-state index is 11.6. The van der Waals surface area contributed by atoms with Crippen LogP contribution in [0.4, 0.5) is 4.79 Å². The number of alkyl carbamates (subject to hydrolysis) is 1. The third-order valence-electron chi connectivity index (χ3n) is 2.53. The minimum absolute atomic E-state index is 0.00117. The van der Waals surface area contributed by atoms with Crippen molar-refractivity contribution in [2.24, 2.45) is 0 Å². The van der Waals surface area contributed by atoms with Gasteiger partial charge in [0.05, 0.1) is 0 Å². The van der Waals surface area contributed by atoms with Crippen molar-refractivity contribution in [1.29, 1.82) is 0 Å². The maximum atomic E-state index is 11.6. The Morgan fingerprint density at radius 1 is 1.29 bits per heavy atom. The van der Waals surface area contributed by atoms with Gasteiger partial charge in [-0.15, -0.1) is 0 Å². The fourth-order valence-electron chi connectivity index (χ4n) is 1.64. The predicted molar refractivity (Wildman–Crippen MR) is 92.4 cm³/mol. The van der Waals surface area contributed by atoms with Crippen LogP contribution in [0, 0.1) is 0 Å². The lowest BCUT2D eigenvalue weighted by atomic mass is 10.2. The van der Waals surface area contributed by atoms with Crippen LogP contribution < -0.4 is 10.6 Å². The largest absolute Gasteiger partial charge is 0.444 e. The number of nitrogens with one attached hydrogen (secondary N) is 2. The molecule has 0 bridgehead atoms. The average molecular weight is 422 g/mol. The first-order valence-electron chi connectivity index (χ1n) is 6.81. The summed E-state index contributed by atoms with van der Waals surface area (Å²) in [6, 6.07) is 6.11. The molecule has 1 amide bonds. The van der Waals surface area contributed by atoms with Crippen LogP contribution in [0.2, 0.25) is 0 Å². The molecule has 2 N–H and O–H groups in total. The van der Waals surface area contributed by atoms with Crippen molar-refractivity contribution >= 4 is 38.0 Å². The van der Waals surface area contributed by atoms with E-state index in [0.717, 1.165) is 15.5 Å². The van der Waals surface area contributed by atoms with Gasteiger partial charge in [0.2, 0.25) is 0 Å². The number of hydrogen-bond donors (Lipinski definition) is 2. The summed E-state index contributed by atoms with van der Waals surface area (Å²) in [7, 11) is 0. The molecule has 0 spiro atoms. The highest BCUT2D eigenvalue weighted by atomic mass is 79.9. The Hall–Kier alpha value is -0.590. The molecular formula is C15H22Br2N2O2. The molecule has 6 heteroatoms. The standard InChI is InChI=1S/C15H22Br2N2O2/c1-10(19-14(20)21-15(2,3)4)8-18-9-11-5-6-12(16)13(17)7-11/h5-7,10,18H,8-9H2,1-4H3,(H,19,20). The number of hydrogen-bond acceptors (Lipinski definition) is 3. The van der Waals surface area contributed by atoms with E-state index in [1.165, 1.54) is 5.56 Å². The summed E-state index contributed by atoms with van der Waals surface area (Å²) in [6.45, 7) is 8.90. The number of carbonyl (C=O) groups is 1. The zero-order valence-electron chi connectivity index (χ0n) is 12.8. The van der Waals surface area contributed by atoms with Crippen LogP contribution in [0.3, 0.4) is 0 Å². The molecule has 0 aliphatic carbocycles. The van der Waals surface area contributed by atoms with Crippen LogP contribution in [-0.4, -0.2) is 24.3 Å². The summed E-state index contributed by atoms with van der Waals surface area (Å²) in [6.07, 6.45) is -0.386. The number of benzene rings is 1. The van der Waals surface area contributed by atoms with Crippen LogP contribution in [-0.2, 0) is 11.3 Å². The van der Waals surface area contributed by atoms with Gasteiger partial charge in [-0.3, -0.25) is 0 Å². The SMILES string of the molecule is CC(CNCc1ccc(Br)c(Br)c1)NC(=O)OC(C)(C)C. The summed E-state index contributed by atoms with van der Waals surface area (Å²) in [4.78, 5) is 11.6. The van der Waals surface area contributed by atoms with Gasteiger partial charge in [0.1, 0.15) is 5.60 Å². The summed E-state index contributed by atoms with van der Waals surface area (Å²) in [5, 5.41) is 6.11. The van der Waals surface area contributed by atoms with Gasteiger partial charge in [0.15, 0.2) is 0 Å². The number of halogens is 2. The van der Waals surface area contributed by atoms with E-state index < -0.39 is 5.60 Å². The molecule has 0 fully saturated rings. The molecular weight excluding hydrogens is 400 g/mol. The Morgan fingerprint density at radius 3 is 2.52 bits per heavy atom. The van der Waals surface area contributed by atoms with Gasteiger partial charge in [-0.25, -0.2) is 4.79 Å². The number of carbonyl (C=O) groups excluding carboxylic acids is 1. The van der Waals surface area contributed by atoms with E-state index in [-0.39, 0.29) is 12.1 Å². The van der Waals surface area contributed by atoms with Crippen LogP contribution in [0.5, 0.6) is 0 Å². The van der Waals surface area contributed by atoms with E-state index in [4.69, 9.17) is 4.74 Å². The normalized spacial score (nSPS) is 12.9. The summed E-state index contributed by atoms with van der Waals surface area (Å²) in [5.74, 6) is 0. The first-order valence-corrected chi connectivity index (χ1v) is 8.40. The lowest BCUT2D eigenvalue weighted by molar-refractivity contribution is 0.0508. The van der Waals surface area contributed by atoms with E-state index in [1.807, 2.05) is 39.8 Å². The van der Waals surface area contributed by atoms with E-state index in [0.29, 0.717) is 6.54 Å². The molecule has 0 radical (unpaired) electrons. The van der Waals surface area contributed by atoms with E-state index >= 15 is 0 Å². The van der Waals surface area contributed by atoms with Gasteiger partial charge in [-0.05, 0) is 77.3 Å². The van der Waals surface area contributed by atoms with E-state index in [2.05, 4.69) is 48.6 Å². The van der Waals surface area contributed by atoms with Gasteiger partial charge < -0.3 is 15.4 Å². The first kappa shape index (κ1) is 18.5. The topological polar surface area (TPSA) is 50.4 Å². The average Bonchev–Trinajstić information content (AvgIpc) is 2.31. The molecule has 1 aromatic rings. The van der Waals surface area contributed by atoms with E-state index in [9.17, 15) is 4.79 Å². The van der Waals surface area contributed by atoms with Crippen LogP contribution in [0.1, 0.15) is 33.3 Å². The molecule has 0 saturated carbocycles. The highest BCUT2D eigenvalue weighted by Crippen LogP contribution is 2.23. The van der Waals surface area contributed by atoms with Crippen molar-refractivity contribution < 1.29 is 9.53 Å². The number of ether oxygens (including phenoxy) is 1. The molecule has 21 heavy (non-hydrogen) atoms. The smallest absolute Gasteiger partial charge is 0.407 e. The Labute approximate surface area is 143 Å². The predicted octanol–water partition coefficient (Wildman–Crippen LogP) is 4.21. The van der Waals surface area contributed by atoms with E-state index in [1.54, 1.807) is 0 Å². The fourth-order valence-corrected chi connectivity index (χ4v) is 2.32. The van der Waals surface area contributed by atoms with Gasteiger partial charge >= 0.3 is 6.09 Å². The molecule has 4 nitrogen and oxygen atoms in total. The Bertz CT molecular complexity index is 487. The third-order valence-corrected chi connectivity index (χ3v) is 4.41. The lowest BCUT2D eigenvalue weighted by Crippen LogP contribution is -2.42. The molecule has 0 aliphatic heterocycles. The van der Waals surface area contributed by atoms with Gasteiger partial charge in [0.25, 0.3) is 0 Å². The van der Waals surface area contributed by atoms with Crippen molar-refractivity contribution in [3.05, 3.63) is 32.7 Å². The molecule has 1 rings (SSSR count). The Balaban J connectivity index is 2.31. The van der Waals surface area contributed by atoms with Crippen LogP contribution in [0.15, 0.2) is 27.1 Å². The van der Waals surface area contributed by atoms with Gasteiger partial charge in [-0.1, -0.05) is 6.07 Å². The minimum atomic E-state index is -0.471. The molecule has 118 valence electrons. The summed E-state index contributed by atoms with van der Waals surface area (Å²) in [5.41, 5.74) is 0.704. The molecule has 1 unspecified atom stereocenters. The summed E-state index contributed by atoms with van der Waals surface area (Å²) < 4.78 is 7.28. The van der Waals surface area contributed by atoms with Crippen molar-refractivity contribution in [2.45, 2.75) is 45.9 Å². The van der Waals surface area contributed by atoms with Crippen LogP contribution >= 0.6 is 31.9 Å². The molecule has 0 saturated heterocycles. The maximum Gasteiger partial charge on any atom is 0.407 e. The molecule has 1 aromatic carbocycles. The molecule has 0 heterocycles. The Kier molecular flexibility index (Phi) is 7.16. The Morgan fingerprint density at radius 2 is 1.95 bits per heavy atom. The second-order valence-electron chi connectivity index (χ2n) is 5.93. The highest BCUT2D eigenvalue weighted by molar-refractivity contribution is 9.13. The zero-order valence-corrected chi connectivity index (χ0v) is 16.0. The zero-order chi connectivity index (χ0) is 16.0. The van der Waals surface area contributed by atoms with Crippen molar-refractivity contribution in [1.82, 2.24) is 10.6 Å². The van der Waals surface area contributed by atoms with Crippen molar-refractivity contribution in [2.75, 3.05) is 6.54 Å². The fraction of sp³-hybridized carbons (Fsp3) is 0.533. The quantitative estimate of drug-likeness (QED) is 0.748. The molecule has 1 atom stereocenters. The van der Waals surface area contributed by atoms with Gasteiger partial charge in [-0.2, -0.15) is 0 Å². The van der Waals surface area contributed by atoms with Gasteiger partial charge in [0, 0.05) is 28.1 Å².